The Balaban J connectivity index is 1.44. The van der Waals surface area contributed by atoms with Gasteiger partial charge in [-0.15, -0.1) is 0 Å². The molecule has 0 aliphatic carbocycles. The lowest BCUT2D eigenvalue weighted by molar-refractivity contribution is -0.135. The van der Waals surface area contributed by atoms with Gasteiger partial charge in [-0.25, -0.2) is 9.97 Å². The lowest BCUT2D eigenvalue weighted by Crippen LogP contribution is -2.47. The van der Waals surface area contributed by atoms with Crippen LogP contribution < -0.4 is 4.90 Å². The normalized spacial score (nSPS) is 22.2. The molecule has 0 radical (unpaired) electrons. The molecule has 0 saturated carbocycles. The average Bonchev–Trinajstić information content (AvgIpc) is 2.88. The molecule has 0 unspecified atom stereocenters. The highest BCUT2D eigenvalue weighted by Gasteiger charge is 2.37. The van der Waals surface area contributed by atoms with Crippen molar-refractivity contribution >= 4 is 11.9 Å². The number of carbonyl (C=O) groups excluding carboxylic acids is 1. The van der Waals surface area contributed by atoms with Crippen molar-refractivity contribution in [3.8, 4) is 0 Å². The molecule has 0 N–H and O–H groups in total. The third-order valence-corrected chi connectivity index (χ3v) is 6.12. The predicted molar refractivity (Wildman–Crippen MR) is 103 cm³/mol. The zero-order chi connectivity index (χ0) is 19.0. The lowest BCUT2D eigenvalue weighted by Gasteiger charge is -2.36. The Kier molecular flexibility index (Phi) is 4.85. The van der Waals surface area contributed by atoms with E-state index >= 15 is 0 Å². The van der Waals surface area contributed by atoms with Crippen LogP contribution in [0.5, 0.6) is 0 Å². The van der Waals surface area contributed by atoms with E-state index in [9.17, 15) is 4.79 Å². The number of fused-ring (bicyclic) bond motifs is 4. The topological polar surface area (TPSA) is 67.2 Å². The summed E-state index contributed by atoms with van der Waals surface area (Å²) in [6.07, 6.45) is 7.15. The molecule has 2 aromatic heterocycles. The molecule has 3 fully saturated rings. The second-order valence-electron chi connectivity index (χ2n) is 7.87. The molecule has 2 bridgehead atoms. The van der Waals surface area contributed by atoms with Crippen molar-refractivity contribution in [2.45, 2.75) is 45.6 Å². The number of amides is 1. The summed E-state index contributed by atoms with van der Waals surface area (Å²) in [5.74, 6) is 1.55. The molecular weight excluding hydrogens is 340 g/mol. The first kappa shape index (κ1) is 17.9. The van der Waals surface area contributed by atoms with E-state index in [1.165, 1.54) is 12.0 Å². The molecule has 2 aromatic rings. The van der Waals surface area contributed by atoms with Gasteiger partial charge in [0.2, 0.25) is 11.9 Å². The van der Waals surface area contributed by atoms with Crippen molar-refractivity contribution in [3.63, 3.8) is 0 Å². The van der Waals surface area contributed by atoms with Crippen LogP contribution in [0.3, 0.4) is 0 Å². The first-order valence-electron chi connectivity index (χ1n) is 9.83. The molecule has 7 heteroatoms. The highest BCUT2D eigenvalue weighted by atomic mass is 16.2. The van der Waals surface area contributed by atoms with Gasteiger partial charge in [0, 0.05) is 57.2 Å². The fourth-order valence-corrected chi connectivity index (χ4v) is 4.56. The average molecular weight is 368 g/mol. The molecule has 2 atom stereocenters. The molecule has 3 aliphatic rings. The predicted octanol–water partition coefficient (Wildman–Crippen LogP) is 1.89. The van der Waals surface area contributed by atoms with E-state index in [0.717, 1.165) is 49.8 Å². The molecule has 7 nitrogen and oxygen atoms in total. The Morgan fingerprint density at radius 1 is 1.15 bits per heavy atom. The molecular formula is C20H28N6O. The SMILES string of the molecule is Cc1nn(C)c(C)c1CCC(=O)N1C[C@H]2CC[C@@H]1CN(c1ncccn1)C2. The highest BCUT2D eigenvalue weighted by Crippen LogP contribution is 2.30. The zero-order valence-corrected chi connectivity index (χ0v) is 16.4. The van der Waals surface area contributed by atoms with Gasteiger partial charge in [0.1, 0.15) is 0 Å². The number of piperidine rings is 1. The summed E-state index contributed by atoms with van der Waals surface area (Å²) in [5.41, 5.74) is 3.41. The van der Waals surface area contributed by atoms with E-state index in [0.29, 0.717) is 12.3 Å². The Labute approximate surface area is 160 Å². The number of hydrogen-bond acceptors (Lipinski definition) is 5. The van der Waals surface area contributed by atoms with Crippen molar-refractivity contribution in [2.24, 2.45) is 13.0 Å². The van der Waals surface area contributed by atoms with Crippen LogP contribution in [0.2, 0.25) is 0 Å². The number of hydrogen-bond donors (Lipinski definition) is 0. The summed E-state index contributed by atoms with van der Waals surface area (Å²) in [5, 5.41) is 4.47. The van der Waals surface area contributed by atoms with Crippen LogP contribution in [0.25, 0.3) is 0 Å². The minimum absolute atomic E-state index is 0.260. The molecule has 5 rings (SSSR count). The molecule has 144 valence electrons. The number of rotatable bonds is 4. The fraction of sp³-hybridized carbons (Fsp3) is 0.600. The van der Waals surface area contributed by atoms with Gasteiger partial charge in [0.25, 0.3) is 0 Å². The van der Waals surface area contributed by atoms with E-state index < -0.39 is 0 Å². The van der Waals surface area contributed by atoms with Crippen LogP contribution in [-0.4, -0.2) is 56.2 Å². The van der Waals surface area contributed by atoms with E-state index in [1.54, 1.807) is 12.4 Å². The largest absolute Gasteiger partial charge is 0.338 e. The third kappa shape index (κ3) is 3.55. The molecule has 0 spiro atoms. The molecule has 3 aliphatic heterocycles. The summed E-state index contributed by atoms with van der Waals surface area (Å²) >= 11 is 0. The Bertz CT molecular complexity index is 817. The number of carbonyl (C=O) groups is 1. The summed E-state index contributed by atoms with van der Waals surface area (Å²) in [6, 6.07) is 2.10. The highest BCUT2D eigenvalue weighted by molar-refractivity contribution is 5.77. The van der Waals surface area contributed by atoms with Gasteiger partial charge in [-0.1, -0.05) is 0 Å². The Morgan fingerprint density at radius 2 is 1.93 bits per heavy atom. The molecule has 1 amide bonds. The maximum Gasteiger partial charge on any atom is 0.225 e. The maximum atomic E-state index is 13.0. The summed E-state index contributed by atoms with van der Waals surface area (Å²) in [4.78, 5) is 26.2. The van der Waals surface area contributed by atoms with Gasteiger partial charge in [0.05, 0.1) is 5.69 Å². The van der Waals surface area contributed by atoms with Crippen LogP contribution in [0.4, 0.5) is 5.95 Å². The smallest absolute Gasteiger partial charge is 0.225 e. The van der Waals surface area contributed by atoms with Gasteiger partial charge < -0.3 is 9.80 Å². The van der Waals surface area contributed by atoms with Crippen LogP contribution in [-0.2, 0) is 18.3 Å². The number of nitrogens with zero attached hydrogens (tertiary/aromatic N) is 6. The van der Waals surface area contributed by atoms with Crippen molar-refractivity contribution in [3.05, 3.63) is 35.4 Å². The summed E-state index contributed by atoms with van der Waals surface area (Å²) < 4.78 is 1.90. The molecule has 3 saturated heterocycles. The summed E-state index contributed by atoms with van der Waals surface area (Å²) in [7, 11) is 1.96. The van der Waals surface area contributed by atoms with Crippen molar-refractivity contribution in [2.75, 3.05) is 24.5 Å². The van der Waals surface area contributed by atoms with Crippen LogP contribution in [0, 0.1) is 19.8 Å². The number of aryl methyl sites for hydroxylation is 2. The quantitative estimate of drug-likeness (QED) is 0.824. The van der Waals surface area contributed by atoms with E-state index in [4.69, 9.17) is 0 Å². The van der Waals surface area contributed by atoms with Gasteiger partial charge in [-0.05, 0) is 50.7 Å². The summed E-state index contributed by atoms with van der Waals surface area (Å²) in [6.45, 7) is 6.73. The minimum atomic E-state index is 0.260. The van der Waals surface area contributed by atoms with Crippen LogP contribution >= 0.6 is 0 Å². The van der Waals surface area contributed by atoms with Gasteiger partial charge in [0.15, 0.2) is 0 Å². The van der Waals surface area contributed by atoms with E-state index in [1.807, 2.05) is 24.7 Å². The molecule has 27 heavy (non-hydrogen) atoms. The fourth-order valence-electron chi connectivity index (χ4n) is 4.56. The zero-order valence-electron chi connectivity index (χ0n) is 16.4. The molecule has 5 heterocycles. The number of anilines is 1. The Morgan fingerprint density at radius 3 is 2.63 bits per heavy atom. The first-order chi connectivity index (χ1) is 13.0. The Hall–Kier alpha value is -2.44. The van der Waals surface area contributed by atoms with Crippen molar-refractivity contribution in [1.82, 2.24) is 24.6 Å². The standard InChI is InChI=1S/C20H28N6O/c1-14-18(15(2)24(3)23-14)7-8-19(27)26-12-16-5-6-17(26)13-25(11-16)20-21-9-4-10-22-20/h4,9-10,16-17H,5-8,11-13H2,1-3H3/t16-,17+/m0/s1. The number of aromatic nitrogens is 4. The van der Waals surface area contributed by atoms with Gasteiger partial charge in [-0.3, -0.25) is 9.48 Å². The first-order valence-corrected chi connectivity index (χ1v) is 9.83. The second-order valence-corrected chi connectivity index (χ2v) is 7.87. The van der Waals surface area contributed by atoms with Crippen molar-refractivity contribution in [1.29, 1.82) is 0 Å². The van der Waals surface area contributed by atoms with Crippen LogP contribution in [0.1, 0.15) is 36.2 Å². The third-order valence-electron chi connectivity index (χ3n) is 6.12. The monoisotopic (exact) mass is 368 g/mol. The van der Waals surface area contributed by atoms with Crippen LogP contribution in [0.15, 0.2) is 18.5 Å². The maximum absolute atomic E-state index is 13.0. The van der Waals surface area contributed by atoms with Crippen molar-refractivity contribution < 1.29 is 4.79 Å². The van der Waals surface area contributed by atoms with Gasteiger partial charge in [-0.2, -0.15) is 5.10 Å². The molecule has 0 aromatic carbocycles. The van der Waals surface area contributed by atoms with Gasteiger partial charge >= 0.3 is 0 Å². The van der Waals surface area contributed by atoms with E-state index in [2.05, 4.69) is 31.8 Å². The lowest BCUT2D eigenvalue weighted by atomic mass is 9.94. The second kappa shape index (κ2) is 7.29. The van der Waals surface area contributed by atoms with E-state index in [-0.39, 0.29) is 11.9 Å². The minimum Gasteiger partial charge on any atom is -0.338 e.